The van der Waals surface area contributed by atoms with Crippen molar-refractivity contribution in [2.45, 2.75) is 58.0 Å². The first-order valence-corrected chi connectivity index (χ1v) is 9.29. The second kappa shape index (κ2) is 7.99. The number of para-hydroxylation sites is 2. The number of benzene rings is 1. The second-order valence-electron chi connectivity index (χ2n) is 7.46. The van der Waals surface area contributed by atoms with E-state index in [9.17, 15) is 4.79 Å². The van der Waals surface area contributed by atoms with E-state index in [0.29, 0.717) is 12.0 Å². The lowest BCUT2D eigenvalue weighted by atomic mass is 10.00. The maximum absolute atomic E-state index is 12.6. The van der Waals surface area contributed by atoms with Crippen LogP contribution in [-0.4, -0.2) is 31.1 Å². The maximum atomic E-state index is 12.6. The lowest BCUT2D eigenvalue weighted by molar-refractivity contribution is -0.117. The predicted molar refractivity (Wildman–Crippen MR) is 99.1 cm³/mol. The van der Waals surface area contributed by atoms with Crippen molar-refractivity contribution in [3.05, 3.63) is 24.3 Å². The van der Waals surface area contributed by atoms with Crippen LogP contribution >= 0.6 is 0 Å². The Hall–Kier alpha value is -1.59. The highest BCUT2D eigenvalue weighted by Gasteiger charge is 2.30. The number of hydrogen-bond donors (Lipinski definition) is 3. The number of carbonyl (C=O) groups excluding carboxylic acids is 1. The number of rotatable bonds is 5. The van der Waals surface area contributed by atoms with Crippen molar-refractivity contribution in [2.75, 3.05) is 23.3 Å². The zero-order valence-electron chi connectivity index (χ0n) is 14.8. The van der Waals surface area contributed by atoms with E-state index in [1.807, 2.05) is 18.2 Å². The van der Waals surface area contributed by atoms with Gasteiger partial charge in [0.15, 0.2) is 0 Å². The summed E-state index contributed by atoms with van der Waals surface area (Å²) >= 11 is 0. The van der Waals surface area contributed by atoms with Crippen LogP contribution in [0.25, 0.3) is 0 Å². The van der Waals surface area contributed by atoms with Gasteiger partial charge in [-0.3, -0.25) is 10.2 Å². The molecule has 132 valence electrons. The molecule has 5 nitrogen and oxygen atoms in total. The number of piperidine rings is 1. The molecule has 2 atom stereocenters. The molecule has 0 spiro atoms. The minimum absolute atomic E-state index is 0.0539. The molecule has 24 heavy (non-hydrogen) atoms. The highest BCUT2D eigenvalue weighted by atomic mass is 16.2. The van der Waals surface area contributed by atoms with Crippen LogP contribution in [0, 0.1) is 5.92 Å². The third kappa shape index (κ3) is 4.28. The largest absolute Gasteiger partial charge is 0.370 e. The van der Waals surface area contributed by atoms with Gasteiger partial charge in [0.1, 0.15) is 6.04 Å². The third-order valence-corrected chi connectivity index (χ3v) is 4.91. The van der Waals surface area contributed by atoms with Gasteiger partial charge in [0.25, 0.3) is 0 Å². The van der Waals surface area contributed by atoms with Crippen molar-refractivity contribution >= 4 is 17.3 Å². The van der Waals surface area contributed by atoms with Crippen LogP contribution in [0.4, 0.5) is 11.4 Å². The van der Waals surface area contributed by atoms with E-state index in [1.54, 1.807) is 0 Å². The molecule has 2 unspecified atom stereocenters. The Labute approximate surface area is 145 Å². The molecule has 5 heteroatoms. The maximum Gasteiger partial charge on any atom is 0.242 e. The second-order valence-corrected chi connectivity index (χ2v) is 7.46. The number of anilines is 2. The molecule has 1 aromatic carbocycles. The molecule has 0 aromatic heterocycles. The molecular formula is C19H30N4O. The molecule has 0 saturated carbocycles. The van der Waals surface area contributed by atoms with Crippen LogP contribution < -0.4 is 21.1 Å². The first-order valence-electron chi connectivity index (χ1n) is 9.29. The number of nitrogens with one attached hydrogen (secondary N) is 3. The molecule has 0 aliphatic carbocycles. The average molecular weight is 330 g/mol. The lowest BCUT2D eigenvalue weighted by Gasteiger charge is -2.30. The normalized spacial score (nSPS) is 24.4. The predicted octanol–water partition coefficient (Wildman–Crippen LogP) is 2.90. The molecule has 0 radical (unpaired) electrons. The van der Waals surface area contributed by atoms with E-state index < -0.39 is 0 Å². The van der Waals surface area contributed by atoms with Crippen molar-refractivity contribution in [2.24, 2.45) is 5.92 Å². The van der Waals surface area contributed by atoms with E-state index in [0.717, 1.165) is 37.3 Å². The summed E-state index contributed by atoms with van der Waals surface area (Å²) in [5.41, 5.74) is 8.49. The summed E-state index contributed by atoms with van der Waals surface area (Å²) < 4.78 is 0. The first kappa shape index (κ1) is 17.2. The van der Waals surface area contributed by atoms with Crippen LogP contribution in [-0.2, 0) is 4.79 Å². The zero-order chi connectivity index (χ0) is 16.9. The molecular weight excluding hydrogens is 300 g/mol. The minimum atomic E-state index is -0.164. The van der Waals surface area contributed by atoms with E-state index in [4.69, 9.17) is 0 Å². The Bertz CT molecular complexity index is 554. The van der Waals surface area contributed by atoms with E-state index in [2.05, 4.69) is 41.0 Å². The molecule has 2 fully saturated rings. The summed E-state index contributed by atoms with van der Waals surface area (Å²) in [7, 11) is 0. The number of nitrogens with zero attached hydrogens (tertiary/aromatic N) is 1. The van der Waals surface area contributed by atoms with Gasteiger partial charge < -0.3 is 10.2 Å². The molecule has 2 heterocycles. The number of hydrogen-bond acceptors (Lipinski definition) is 4. The first-order chi connectivity index (χ1) is 11.6. The number of carbonyl (C=O) groups is 1. The summed E-state index contributed by atoms with van der Waals surface area (Å²) in [5.74, 6) is 0.684. The standard InChI is InChI=1S/C19H30N4O/c1-14(2)12-15-13-17(22-21-15)19(24)20-16-8-4-5-9-18(16)23-10-6-3-7-11-23/h4-5,8-9,14-15,17,21-22H,3,6-7,10-13H2,1-2H3,(H,20,24). The molecule has 0 bridgehead atoms. The van der Waals surface area contributed by atoms with Gasteiger partial charge in [-0.05, 0) is 50.2 Å². The van der Waals surface area contributed by atoms with E-state index >= 15 is 0 Å². The van der Waals surface area contributed by atoms with Crippen molar-refractivity contribution in [3.63, 3.8) is 0 Å². The molecule has 2 aliphatic rings. The Morgan fingerprint density at radius 2 is 1.96 bits per heavy atom. The van der Waals surface area contributed by atoms with Gasteiger partial charge in [0, 0.05) is 19.1 Å². The SMILES string of the molecule is CC(C)CC1CC(C(=O)Nc2ccccc2N2CCCCC2)NN1. The van der Waals surface area contributed by atoms with Crippen LogP contribution in [0.2, 0.25) is 0 Å². The molecule has 3 N–H and O–H groups in total. The average Bonchev–Trinajstić information content (AvgIpc) is 3.04. The third-order valence-electron chi connectivity index (χ3n) is 4.91. The number of hydrazine groups is 1. The summed E-state index contributed by atoms with van der Waals surface area (Å²) in [5, 5.41) is 3.14. The fraction of sp³-hybridized carbons (Fsp3) is 0.632. The van der Waals surface area contributed by atoms with E-state index in [-0.39, 0.29) is 11.9 Å². The molecule has 1 amide bonds. The van der Waals surface area contributed by atoms with Crippen LogP contribution in [0.1, 0.15) is 46.0 Å². The van der Waals surface area contributed by atoms with Gasteiger partial charge in [-0.2, -0.15) is 0 Å². The molecule has 1 aromatic rings. The molecule has 3 rings (SSSR count). The van der Waals surface area contributed by atoms with Gasteiger partial charge in [0.05, 0.1) is 11.4 Å². The monoisotopic (exact) mass is 330 g/mol. The Morgan fingerprint density at radius 3 is 2.71 bits per heavy atom. The summed E-state index contributed by atoms with van der Waals surface area (Å²) in [6.07, 6.45) is 5.69. The summed E-state index contributed by atoms with van der Waals surface area (Å²) in [4.78, 5) is 15.0. The minimum Gasteiger partial charge on any atom is -0.370 e. The van der Waals surface area contributed by atoms with Gasteiger partial charge in [-0.15, -0.1) is 0 Å². The van der Waals surface area contributed by atoms with Gasteiger partial charge >= 0.3 is 0 Å². The Morgan fingerprint density at radius 1 is 1.21 bits per heavy atom. The topological polar surface area (TPSA) is 56.4 Å². The van der Waals surface area contributed by atoms with Crippen molar-refractivity contribution in [1.29, 1.82) is 0 Å². The van der Waals surface area contributed by atoms with Crippen molar-refractivity contribution in [1.82, 2.24) is 10.9 Å². The highest BCUT2D eigenvalue weighted by molar-refractivity contribution is 5.97. The van der Waals surface area contributed by atoms with Gasteiger partial charge in [-0.1, -0.05) is 26.0 Å². The van der Waals surface area contributed by atoms with Gasteiger partial charge in [0.2, 0.25) is 5.91 Å². The van der Waals surface area contributed by atoms with Crippen LogP contribution in [0.3, 0.4) is 0 Å². The Kier molecular flexibility index (Phi) is 5.74. The van der Waals surface area contributed by atoms with Gasteiger partial charge in [-0.25, -0.2) is 5.43 Å². The summed E-state index contributed by atoms with van der Waals surface area (Å²) in [6.45, 7) is 6.58. The van der Waals surface area contributed by atoms with Crippen molar-refractivity contribution < 1.29 is 4.79 Å². The fourth-order valence-corrected chi connectivity index (χ4v) is 3.73. The molecule has 2 saturated heterocycles. The van der Waals surface area contributed by atoms with Crippen molar-refractivity contribution in [3.8, 4) is 0 Å². The quantitative estimate of drug-likeness (QED) is 0.777. The highest BCUT2D eigenvalue weighted by Crippen LogP contribution is 2.28. The lowest BCUT2D eigenvalue weighted by Crippen LogP contribution is -2.40. The number of amides is 1. The smallest absolute Gasteiger partial charge is 0.242 e. The summed E-state index contributed by atoms with van der Waals surface area (Å²) in [6, 6.07) is 8.37. The van der Waals surface area contributed by atoms with Crippen LogP contribution in [0.15, 0.2) is 24.3 Å². The Balaban J connectivity index is 1.62. The van der Waals surface area contributed by atoms with E-state index in [1.165, 1.54) is 19.3 Å². The fourth-order valence-electron chi connectivity index (χ4n) is 3.73. The zero-order valence-corrected chi connectivity index (χ0v) is 14.8. The van der Waals surface area contributed by atoms with Crippen LogP contribution in [0.5, 0.6) is 0 Å². The molecule has 2 aliphatic heterocycles.